The summed E-state index contributed by atoms with van der Waals surface area (Å²) >= 11 is 0. The first-order valence-corrected chi connectivity index (χ1v) is 8.92. The number of aromatic nitrogens is 2. The molecule has 0 spiro atoms. The Morgan fingerprint density at radius 1 is 0.929 bits per heavy atom. The van der Waals surface area contributed by atoms with Crippen LogP contribution in [0.2, 0.25) is 0 Å². The molecule has 0 radical (unpaired) electrons. The number of aryl methyl sites for hydroxylation is 1. The van der Waals surface area contributed by atoms with E-state index in [0.717, 1.165) is 28.6 Å². The Hall–Kier alpha value is -3.29. The van der Waals surface area contributed by atoms with E-state index in [-0.39, 0.29) is 17.4 Å². The van der Waals surface area contributed by atoms with Crippen molar-refractivity contribution in [2.45, 2.75) is 6.92 Å². The molecule has 1 aromatic heterocycles. The van der Waals surface area contributed by atoms with Crippen LogP contribution in [-0.4, -0.2) is 58.0 Å². The highest BCUT2D eigenvalue weighted by Crippen LogP contribution is 2.20. The summed E-state index contributed by atoms with van der Waals surface area (Å²) in [5.41, 5.74) is 2.28. The summed E-state index contributed by atoms with van der Waals surface area (Å²) in [6.45, 7) is 3.25. The first kappa shape index (κ1) is 18.1. The maximum absolute atomic E-state index is 13.4. The predicted octanol–water partition coefficient (Wildman–Crippen LogP) is 2.75. The lowest BCUT2D eigenvalue weighted by molar-refractivity contribution is 0.0533. The van der Waals surface area contributed by atoms with E-state index in [2.05, 4.69) is 10.2 Å². The number of nitrogens with zero attached hydrogens (tertiary/aromatic N) is 3. The summed E-state index contributed by atoms with van der Waals surface area (Å²) in [5, 5.41) is 7.79. The zero-order chi connectivity index (χ0) is 19.8. The molecule has 8 heteroatoms. The fraction of sp³-hybridized carbons (Fsp3) is 0.250. The normalized spacial score (nSPS) is 14.5. The molecule has 1 aliphatic heterocycles. The Kier molecular flexibility index (Phi) is 4.54. The molecule has 6 nitrogen and oxygen atoms in total. The van der Waals surface area contributed by atoms with Crippen LogP contribution in [0.5, 0.6) is 0 Å². The van der Waals surface area contributed by atoms with Gasteiger partial charge in [-0.15, -0.1) is 0 Å². The molecule has 2 heterocycles. The van der Waals surface area contributed by atoms with Gasteiger partial charge in [0, 0.05) is 37.1 Å². The lowest BCUT2D eigenvalue weighted by atomic mass is 10.1. The Morgan fingerprint density at radius 3 is 2.29 bits per heavy atom. The topological polar surface area (TPSA) is 69.3 Å². The van der Waals surface area contributed by atoms with Crippen LogP contribution in [0.3, 0.4) is 0 Å². The first-order chi connectivity index (χ1) is 13.4. The zero-order valence-corrected chi connectivity index (χ0v) is 15.2. The number of fused-ring (bicyclic) bond motifs is 1. The van der Waals surface area contributed by atoms with E-state index >= 15 is 0 Å². The molecule has 4 rings (SSSR count). The number of carbonyl (C=O) groups excluding carboxylic acids is 2. The van der Waals surface area contributed by atoms with Crippen LogP contribution in [0.25, 0.3) is 10.9 Å². The minimum Gasteiger partial charge on any atom is -0.335 e. The van der Waals surface area contributed by atoms with Crippen LogP contribution >= 0.6 is 0 Å². The Labute approximate surface area is 159 Å². The molecular formula is C20H18F2N4O2. The Balaban J connectivity index is 1.46. The number of halogens is 2. The fourth-order valence-electron chi connectivity index (χ4n) is 3.37. The molecule has 1 N–H and O–H groups in total. The highest BCUT2D eigenvalue weighted by Gasteiger charge is 2.28. The second-order valence-corrected chi connectivity index (χ2v) is 6.83. The lowest BCUT2D eigenvalue weighted by Gasteiger charge is -2.34. The quantitative estimate of drug-likeness (QED) is 0.739. The minimum atomic E-state index is -1.06. The Bertz CT molecular complexity index is 1070. The van der Waals surface area contributed by atoms with Gasteiger partial charge in [0.25, 0.3) is 11.8 Å². The standard InChI is InChI=1S/C20H18F2N4O2/c1-12-2-5-17-14(10-12)18(24-23-17)20(28)26-8-6-25(7-9-26)19(27)13-3-4-15(21)16(22)11-13/h2-5,10-11H,6-9H2,1H3,(H,23,24). The molecule has 0 unspecified atom stereocenters. The number of hydrogen-bond donors (Lipinski definition) is 1. The SMILES string of the molecule is Cc1ccc2[nH]nc(C(=O)N3CCN(C(=O)c4ccc(F)c(F)c4)CC3)c2c1. The molecule has 0 atom stereocenters. The van der Waals surface area contributed by atoms with Crippen molar-refractivity contribution in [3.63, 3.8) is 0 Å². The van der Waals surface area contributed by atoms with E-state index in [1.54, 1.807) is 4.90 Å². The van der Waals surface area contributed by atoms with Crippen molar-refractivity contribution in [2.75, 3.05) is 26.2 Å². The van der Waals surface area contributed by atoms with E-state index in [9.17, 15) is 18.4 Å². The second-order valence-electron chi connectivity index (χ2n) is 6.83. The smallest absolute Gasteiger partial charge is 0.275 e. The molecule has 0 saturated carbocycles. The highest BCUT2D eigenvalue weighted by atomic mass is 19.2. The molecule has 2 aromatic carbocycles. The number of benzene rings is 2. The molecule has 1 aliphatic rings. The Morgan fingerprint density at radius 2 is 1.61 bits per heavy atom. The van der Waals surface area contributed by atoms with Crippen molar-refractivity contribution >= 4 is 22.7 Å². The number of hydrogen-bond acceptors (Lipinski definition) is 3. The van der Waals surface area contributed by atoms with Gasteiger partial charge < -0.3 is 9.80 Å². The number of rotatable bonds is 2. The largest absolute Gasteiger partial charge is 0.335 e. The van der Waals surface area contributed by atoms with E-state index in [4.69, 9.17) is 0 Å². The average molecular weight is 384 g/mol. The number of piperazine rings is 1. The molecule has 0 bridgehead atoms. The monoisotopic (exact) mass is 384 g/mol. The first-order valence-electron chi connectivity index (χ1n) is 8.92. The van der Waals surface area contributed by atoms with Gasteiger partial charge in [-0.25, -0.2) is 8.78 Å². The van der Waals surface area contributed by atoms with Gasteiger partial charge in [0.2, 0.25) is 0 Å². The van der Waals surface area contributed by atoms with Gasteiger partial charge in [-0.1, -0.05) is 11.6 Å². The van der Waals surface area contributed by atoms with Gasteiger partial charge in [-0.2, -0.15) is 5.10 Å². The van der Waals surface area contributed by atoms with Gasteiger partial charge in [0.1, 0.15) is 0 Å². The zero-order valence-electron chi connectivity index (χ0n) is 15.2. The van der Waals surface area contributed by atoms with Crippen molar-refractivity contribution in [1.29, 1.82) is 0 Å². The van der Waals surface area contributed by atoms with Gasteiger partial charge in [-0.05, 0) is 37.3 Å². The summed E-state index contributed by atoms with van der Waals surface area (Å²) in [4.78, 5) is 28.5. The molecule has 3 aromatic rings. The van der Waals surface area contributed by atoms with Crippen LogP contribution in [0.15, 0.2) is 36.4 Å². The molecule has 1 saturated heterocycles. The molecular weight excluding hydrogens is 366 g/mol. The fourth-order valence-corrected chi connectivity index (χ4v) is 3.37. The van der Waals surface area contributed by atoms with Crippen molar-refractivity contribution in [1.82, 2.24) is 20.0 Å². The van der Waals surface area contributed by atoms with E-state index < -0.39 is 11.6 Å². The summed E-state index contributed by atoms with van der Waals surface area (Å²) in [6, 6.07) is 8.83. The lowest BCUT2D eigenvalue weighted by Crippen LogP contribution is -2.50. The van der Waals surface area contributed by atoms with Gasteiger partial charge in [-0.3, -0.25) is 14.7 Å². The number of nitrogens with one attached hydrogen (secondary N) is 1. The predicted molar refractivity (Wildman–Crippen MR) is 99.0 cm³/mol. The molecule has 0 aliphatic carbocycles. The summed E-state index contributed by atoms with van der Waals surface area (Å²) in [5.74, 6) is -2.63. The maximum Gasteiger partial charge on any atom is 0.275 e. The van der Waals surface area contributed by atoms with E-state index in [1.165, 1.54) is 11.0 Å². The third kappa shape index (κ3) is 3.21. The van der Waals surface area contributed by atoms with Crippen molar-refractivity contribution in [3.05, 3.63) is 64.9 Å². The van der Waals surface area contributed by atoms with Crippen LogP contribution in [0.4, 0.5) is 8.78 Å². The van der Waals surface area contributed by atoms with Gasteiger partial charge in [0.15, 0.2) is 17.3 Å². The third-order valence-corrected chi connectivity index (χ3v) is 4.94. The molecule has 28 heavy (non-hydrogen) atoms. The van der Waals surface area contributed by atoms with E-state index in [1.807, 2.05) is 25.1 Å². The summed E-state index contributed by atoms with van der Waals surface area (Å²) in [7, 11) is 0. The molecule has 2 amide bonds. The van der Waals surface area contributed by atoms with Crippen LogP contribution in [-0.2, 0) is 0 Å². The molecule has 1 fully saturated rings. The van der Waals surface area contributed by atoms with Crippen molar-refractivity contribution in [2.24, 2.45) is 0 Å². The van der Waals surface area contributed by atoms with E-state index in [0.29, 0.717) is 31.9 Å². The second kappa shape index (κ2) is 7.03. The van der Waals surface area contributed by atoms with Gasteiger partial charge >= 0.3 is 0 Å². The number of H-pyrrole nitrogens is 1. The van der Waals surface area contributed by atoms with Crippen LogP contribution in [0, 0.1) is 18.6 Å². The summed E-state index contributed by atoms with van der Waals surface area (Å²) in [6.07, 6.45) is 0. The van der Waals surface area contributed by atoms with Crippen LogP contribution < -0.4 is 0 Å². The number of carbonyl (C=O) groups is 2. The third-order valence-electron chi connectivity index (χ3n) is 4.94. The number of amides is 2. The molecule has 144 valence electrons. The van der Waals surface area contributed by atoms with Gasteiger partial charge in [0.05, 0.1) is 5.52 Å². The van der Waals surface area contributed by atoms with Crippen molar-refractivity contribution < 1.29 is 18.4 Å². The summed E-state index contributed by atoms with van der Waals surface area (Å²) < 4.78 is 26.4. The van der Waals surface area contributed by atoms with Crippen molar-refractivity contribution in [3.8, 4) is 0 Å². The maximum atomic E-state index is 13.4. The average Bonchev–Trinajstić information content (AvgIpc) is 3.12. The minimum absolute atomic E-state index is 0.0902. The van der Waals surface area contributed by atoms with Crippen LogP contribution in [0.1, 0.15) is 26.4 Å². The number of aromatic amines is 1. The highest BCUT2D eigenvalue weighted by molar-refractivity contribution is 6.05.